The van der Waals surface area contributed by atoms with Crippen molar-refractivity contribution in [1.82, 2.24) is 9.80 Å². The van der Waals surface area contributed by atoms with Gasteiger partial charge in [0.25, 0.3) is 0 Å². The van der Waals surface area contributed by atoms with E-state index in [0.717, 1.165) is 11.3 Å². The molecule has 1 saturated heterocycles. The summed E-state index contributed by atoms with van der Waals surface area (Å²) in [6.45, 7) is 5.84. The van der Waals surface area contributed by atoms with E-state index >= 15 is 0 Å². The fourth-order valence-electron chi connectivity index (χ4n) is 3.63. The van der Waals surface area contributed by atoms with Crippen LogP contribution in [0, 0.1) is 0 Å². The van der Waals surface area contributed by atoms with E-state index in [2.05, 4.69) is 10.2 Å². The maximum Gasteiger partial charge on any atom is 0.241 e. The molecule has 1 aliphatic rings. The van der Waals surface area contributed by atoms with Crippen molar-refractivity contribution in [3.8, 4) is 5.75 Å². The molecule has 2 aromatic carbocycles. The Bertz CT molecular complexity index is 934. The summed E-state index contributed by atoms with van der Waals surface area (Å²) >= 11 is 0. The Labute approximate surface area is 183 Å². The molecule has 3 rings (SSSR count). The van der Waals surface area contributed by atoms with Gasteiger partial charge in [0, 0.05) is 37.4 Å². The van der Waals surface area contributed by atoms with Gasteiger partial charge in [-0.3, -0.25) is 19.3 Å². The molecule has 1 atom stereocenters. The molecule has 1 fully saturated rings. The first-order chi connectivity index (χ1) is 14.9. The lowest BCUT2D eigenvalue weighted by atomic mass is 10.1. The van der Waals surface area contributed by atoms with Crippen LogP contribution in [0.2, 0.25) is 0 Å². The SMILES string of the molecule is COc1cccc(CC(=O)N2CCN(C(C)C(=O)Nc3ccc(C(C)=O)cc3)CC2)c1. The minimum atomic E-state index is -0.317. The zero-order chi connectivity index (χ0) is 22.4. The van der Waals surface area contributed by atoms with E-state index < -0.39 is 0 Å². The highest BCUT2D eigenvalue weighted by molar-refractivity contribution is 5.97. The van der Waals surface area contributed by atoms with Crippen LogP contribution < -0.4 is 10.1 Å². The number of nitrogens with one attached hydrogen (secondary N) is 1. The van der Waals surface area contributed by atoms with Crippen molar-refractivity contribution in [1.29, 1.82) is 0 Å². The first-order valence-corrected chi connectivity index (χ1v) is 10.4. The lowest BCUT2D eigenvalue weighted by Crippen LogP contribution is -2.54. The van der Waals surface area contributed by atoms with Crippen LogP contribution >= 0.6 is 0 Å². The van der Waals surface area contributed by atoms with Crippen LogP contribution in [0.4, 0.5) is 5.69 Å². The van der Waals surface area contributed by atoms with Crippen molar-refractivity contribution in [2.24, 2.45) is 0 Å². The fraction of sp³-hybridized carbons (Fsp3) is 0.375. The Morgan fingerprint density at radius 2 is 1.71 bits per heavy atom. The molecule has 0 radical (unpaired) electrons. The molecule has 0 bridgehead atoms. The number of anilines is 1. The number of hydrogen-bond donors (Lipinski definition) is 1. The highest BCUT2D eigenvalue weighted by atomic mass is 16.5. The Hall–Kier alpha value is -3.19. The van der Waals surface area contributed by atoms with E-state index in [4.69, 9.17) is 4.74 Å². The Morgan fingerprint density at radius 1 is 1.03 bits per heavy atom. The summed E-state index contributed by atoms with van der Waals surface area (Å²) in [5.74, 6) is 0.707. The van der Waals surface area contributed by atoms with Gasteiger partial charge in [0.05, 0.1) is 19.6 Å². The van der Waals surface area contributed by atoms with Gasteiger partial charge >= 0.3 is 0 Å². The van der Waals surface area contributed by atoms with Crippen LogP contribution in [-0.2, 0) is 16.0 Å². The van der Waals surface area contributed by atoms with Crippen molar-refractivity contribution in [2.45, 2.75) is 26.3 Å². The largest absolute Gasteiger partial charge is 0.497 e. The van der Waals surface area contributed by atoms with Crippen molar-refractivity contribution >= 4 is 23.3 Å². The molecule has 1 heterocycles. The zero-order valence-corrected chi connectivity index (χ0v) is 18.3. The van der Waals surface area contributed by atoms with Gasteiger partial charge in [-0.2, -0.15) is 0 Å². The van der Waals surface area contributed by atoms with Crippen LogP contribution in [0.15, 0.2) is 48.5 Å². The van der Waals surface area contributed by atoms with Crippen molar-refractivity contribution in [3.05, 3.63) is 59.7 Å². The first kappa shape index (κ1) is 22.5. The van der Waals surface area contributed by atoms with Crippen LogP contribution in [0.25, 0.3) is 0 Å². The van der Waals surface area contributed by atoms with Gasteiger partial charge in [-0.1, -0.05) is 12.1 Å². The Balaban J connectivity index is 1.49. The van der Waals surface area contributed by atoms with E-state index in [9.17, 15) is 14.4 Å². The predicted molar refractivity (Wildman–Crippen MR) is 119 cm³/mol. The number of carbonyl (C=O) groups is 3. The molecule has 7 heteroatoms. The second-order valence-electron chi connectivity index (χ2n) is 7.74. The molecular formula is C24H29N3O4. The number of ether oxygens (including phenoxy) is 1. The number of rotatable bonds is 7. The van der Waals surface area contributed by atoms with Gasteiger partial charge in [0.2, 0.25) is 11.8 Å². The van der Waals surface area contributed by atoms with E-state index in [-0.39, 0.29) is 23.6 Å². The van der Waals surface area contributed by atoms with E-state index in [1.807, 2.05) is 36.1 Å². The number of ketones is 1. The predicted octanol–water partition coefficient (Wildman–Crippen LogP) is 2.61. The highest BCUT2D eigenvalue weighted by Crippen LogP contribution is 2.16. The molecule has 0 saturated carbocycles. The van der Waals surface area contributed by atoms with Crippen LogP contribution in [0.1, 0.15) is 29.8 Å². The third-order valence-corrected chi connectivity index (χ3v) is 5.64. The van der Waals surface area contributed by atoms with Crippen LogP contribution in [0.3, 0.4) is 0 Å². The maximum atomic E-state index is 12.7. The summed E-state index contributed by atoms with van der Waals surface area (Å²) in [6, 6.07) is 14.1. The quantitative estimate of drug-likeness (QED) is 0.693. The monoisotopic (exact) mass is 423 g/mol. The molecule has 0 aromatic heterocycles. The van der Waals surface area contributed by atoms with Crippen LogP contribution in [0.5, 0.6) is 5.75 Å². The molecule has 164 valence electrons. The van der Waals surface area contributed by atoms with E-state index in [1.165, 1.54) is 6.92 Å². The molecule has 1 unspecified atom stereocenters. The standard InChI is InChI=1S/C24H29N3O4/c1-17(24(30)25-21-9-7-20(8-10-21)18(2)28)26-11-13-27(14-12-26)23(29)16-19-5-4-6-22(15-19)31-3/h4-10,15,17H,11-14,16H2,1-3H3,(H,25,30). The number of Topliss-reactive ketones (excluding diaryl/α,β-unsaturated/α-hetero) is 1. The summed E-state index contributed by atoms with van der Waals surface area (Å²) in [7, 11) is 1.61. The third-order valence-electron chi connectivity index (χ3n) is 5.64. The normalized spacial score (nSPS) is 15.3. The molecule has 7 nitrogen and oxygen atoms in total. The van der Waals surface area contributed by atoms with Gasteiger partial charge in [0.15, 0.2) is 5.78 Å². The molecule has 2 aromatic rings. The second-order valence-corrected chi connectivity index (χ2v) is 7.74. The third kappa shape index (κ3) is 5.92. The highest BCUT2D eigenvalue weighted by Gasteiger charge is 2.27. The summed E-state index contributed by atoms with van der Waals surface area (Å²) in [5.41, 5.74) is 2.20. The summed E-state index contributed by atoms with van der Waals surface area (Å²) in [4.78, 5) is 40.6. The number of piperazine rings is 1. The van der Waals surface area contributed by atoms with Gasteiger partial charge in [-0.25, -0.2) is 0 Å². The summed E-state index contributed by atoms with van der Waals surface area (Å²) < 4.78 is 5.22. The molecule has 1 N–H and O–H groups in total. The minimum Gasteiger partial charge on any atom is -0.497 e. The average Bonchev–Trinajstić information content (AvgIpc) is 2.79. The fourth-order valence-corrected chi connectivity index (χ4v) is 3.63. The smallest absolute Gasteiger partial charge is 0.241 e. The van der Waals surface area contributed by atoms with Gasteiger partial charge < -0.3 is 15.0 Å². The number of carbonyl (C=O) groups excluding carboxylic acids is 3. The van der Waals surface area contributed by atoms with Crippen molar-refractivity contribution in [2.75, 3.05) is 38.6 Å². The van der Waals surface area contributed by atoms with Gasteiger partial charge in [-0.05, 0) is 55.8 Å². The van der Waals surface area contributed by atoms with Crippen molar-refractivity contribution < 1.29 is 19.1 Å². The molecular weight excluding hydrogens is 394 g/mol. The number of nitrogens with zero attached hydrogens (tertiary/aromatic N) is 2. The van der Waals surface area contributed by atoms with Crippen molar-refractivity contribution in [3.63, 3.8) is 0 Å². The molecule has 31 heavy (non-hydrogen) atoms. The maximum absolute atomic E-state index is 12.7. The lowest BCUT2D eigenvalue weighted by molar-refractivity contribution is -0.133. The first-order valence-electron chi connectivity index (χ1n) is 10.4. The summed E-state index contributed by atoms with van der Waals surface area (Å²) in [6.07, 6.45) is 0.337. The van der Waals surface area contributed by atoms with Gasteiger partial charge in [-0.15, -0.1) is 0 Å². The van der Waals surface area contributed by atoms with E-state index in [0.29, 0.717) is 43.9 Å². The molecule has 0 aliphatic carbocycles. The number of amides is 2. The molecule has 0 spiro atoms. The van der Waals surface area contributed by atoms with Gasteiger partial charge in [0.1, 0.15) is 5.75 Å². The molecule has 1 aliphatic heterocycles. The topological polar surface area (TPSA) is 79.0 Å². The summed E-state index contributed by atoms with van der Waals surface area (Å²) in [5, 5.41) is 2.90. The number of methoxy groups -OCH3 is 1. The van der Waals surface area contributed by atoms with E-state index in [1.54, 1.807) is 31.4 Å². The molecule has 2 amide bonds. The average molecular weight is 424 g/mol. The Morgan fingerprint density at radius 3 is 2.32 bits per heavy atom. The second kappa shape index (κ2) is 10.2. The number of hydrogen-bond acceptors (Lipinski definition) is 5. The Kier molecular flexibility index (Phi) is 7.41. The lowest BCUT2D eigenvalue weighted by Gasteiger charge is -2.37. The zero-order valence-electron chi connectivity index (χ0n) is 18.3. The number of benzene rings is 2. The minimum absolute atomic E-state index is 0.00920. The van der Waals surface area contributed by atoms with Crippen LogP contribution in [-0.4, -0.2) is 66.7 Å².